The van der Waals surface area contributed by atoms with Crippen molar-refractivity contribution in [3.8, 4) is 6.08 Å². The lowest BCUT2D eigenvalue weighted by Crippen LogP contribution is -2.25. The summed E-state index contributed by atoms with van der Waals surface area (Å²) in [5, 5.41) is 13.4. The molecule has 0 aliphatic carbocycles. The first-order valence-electron chi connectivity index (χ1n) is 6.05. The molecule has 1 atom stereocenters. The second-order valence-corrected chi connectivity index (χ2v) is 5.48. The van der Waals surface area contributed by atoms with E-state index in [1.807, 2.05) is 34.6 Å². The number of ether oxygens (including phenoxy) is 2. The molecule has 1 unspecified atom stereocenters. The van der Waals surface area contributed by atoms with Gasteiger partial charge >= 0.3 is 6.08 Å². The van der Waals surface area contributed by atoms with Crippen molar-refractivity contribution in [3.05, 3.63) is 5.82 Å². The van der Waals surface area contributed by atoms with Crippen molar-refractivity contribution in [1.82, 2.24) is 10.1 Å². The molecule has 1 aromatic rings. The van der Waals surface area contributed by atoms with Crippen LogP contribution >= 0.6 is 0 Å². The van der Waals surface area contributed by atoms with Crippen molar-refractivity contribution in [2.75, 3.05) is 13.2 Å². The van der Waals surface area contributed by atoms with Crippen LogP contribution < -0.4 is 4.74 Å². The normalized spacial score (nSPS) is 13.9. The summed E-state index contributed by atoms with van der Waals surface area (Å²) >= 11 is 0. The van der Waals surface area contributed by atoms with Gasteiger partial charge in [0.15, 0.2) is 5.82 Å². The van der Waals surface area contributed by atoms with Crippen LogP contribution in [0.4, 0.5) is 0 Å². The number of aromatic nitrogens is 2. The van der Waals surface area contributed by atoms with Crippen LogP contribution in [0.2, 0.25) is 0 Å². The average Bonchev–Trinajstić information content (AvgIpc) is 2.71. The van der Waals surface area contributed by atoms with Gasteiger partial charge in [0.05, 0.1) is 12.7 Å². The van der Waals surface area contributed by atoms with Crippen LogP contribution in [0, 0.1) is 0 Å². The Hall–Kier alpha value is -1.14. The molecular weight excluding hydrogens is 236 g/mol. The van der Waals surface area contributed by atoms with Gasteiger partial charge in [-0.05, 0) is 13.8 Å². The van der Waals surface area contributed by atoms with Crippen LogP contribution in [-0.4, -0.2) is 40.7 Å². The molecule has 1 aromatic heterocycles. The minimum Gasteiger partial charge on any atom is -0.446 e. The van der Waals surface area contributed by atoms with E-state index in [9.17, 15) is 5.11 Å². The van der Waals surface area contributed by atoms with Gasteiger partial charge in [-0.3, -0.25) is 4.52 Å². The van der Waals surface area contributed by atoms with E-state index in [1.165, 1.54) is 0 Å². The van der Waals surface area contributed by atoms with Crippen molar-refractivity contribution in [3.63, 3.8) is 0 Å². The molecule has 1 N–H and O–H groups in total. The monoisotopic (exact) mass is 258 g/mol. The van der Waals surface area contributed by atoms with E-state index in [2.05, 4.69) is 10.1 Å². The maximum Gasteiger partial charge on any atom is 0.417 e. The third kappa shape index (κ3) is 5.01. The molecule has 6 nitrogen and oxygen atoms in total. The fourth-order valence-electron chi connectivity index (χ4n) is 1.09. The molecule has 1 heterocycles. The number of hydrogen-bond acceptors (Lipinski definition) is 6. The molecule has 0 saturated carbocycles. The molecule has 0 aliphatic heterocycles. The van der Waals surface area contributed by atoms with Gasteiger partial charge in [0.1, 0.15) is 12.7 Å². The van der Waals surface area contributed by atoms with Gasteiger partial charge in [-0.1, -0.05) is 25.9 Å². The predicted octanol–water partition coefficient (Wildman–Crippen LogP) is 1.53. The molecule has 0 fully saturated rings. The lowest BCUT2D eigenvalue weighted by molar-refractivity contribution is -0.0172. The molecular formula is C12H22N2O4. The Bertz CT molecular complexity index is 357. The van der Waals surface area contributed by atoms with Gasteiger partial charge in [-0.2, -0.15) is 4.98 Å². The van der Waals surface area contributed by atoms with Crippen LogP contribution in [0.5, 0.6) is 6.08 Å². The van der Waals surface area contributed by atoms with E-state index in [-0.39, 0.29) is 30.8 Å². The minimum absolute atomic E-state index is 0.0680. The first-order valence-corrected chi connectivity index (χ1v) is 6.05. The van der Waals surface area contributed by atoms with E-state index in [0.29, 0.717) is 5.82 Å². The van der Waals surface area contributed by atoms with Crippen LogP contribution in [0.15, 0.2) is 4.52 Å². The second-order valence-electron chi connectivity index (χ2n) is 5.48. The quantitative estimate of drug-likeness (QED) is 0.833. The van der Waals surface area contributed by atoms with Crippen molar-refractivity contribution in [2.24, 2.45) is 0 Å². The van der Waals surface area contributed by atoms with E-state index in [4.69, 9.17) is 14.0 Å². The molecule has 0 radical (unpaired) electrons. The highest BCUT2D eigenvalue weighted by Gasteiger charge is 2.21. The maximum atomic E-state index is 9.59. The smallest absolute Gasteiger partial charge is 0.417 e. The molecule has 0 saturated heterocycles. The molecule has 1 rings (SSSR count). The van der Waals surface area contributed by atoms with E-state index >= 15 is 0 Å². The molecule has 6 heteroatoms. The van der Waals surface area contributed by atoms with Crippen LogP contribution in [0.25, 0.3) is 0 Å². The van der Waals surface area contributed by atoms with Gasteiger partial charge < -0.3 is 14.6 Å². The molecule has 0 bridgehead atoms. The average molecular weight is 258 g/mol. The standard InChI is InChI=1S/C12H22N2O4/c1-8(2)16-6-9(15)7-17-11-13-10(14-18-11)12(3,4)5/h8-9,15H,6-7H2,1-5H3. The van der Waals surface area contributed by atoms with Crippen molar-refractivity contribution in [2.45, 2.75) is 52.2 Å². The fraction of sp³-hybridized carbons (Fsp3) is 0.833. The predicted molar refractivity (Wildman–Crippen MR) is 65.6 cm³/mol. The number of aliphatic hydroxyl groups excluding tert-OH is 1. The molecule has 0 aromatic carbocycles. The lowest BCUT2D eigenvalue weighted by atomic mass is 9.96. The molecule has 0 aliphatic rings. The third-order valence-electron chi connectivity index (χ3n) is 2.10. The summed E-state index contributed by atoms with van der Waals surface area (Å²) in [4.78, 5) is 4.10. The Kier molecular flexibility index (Phi) is 5.10. The topological polar surface area (TPSA) is 77.6 Å². The Morgan fingerprint density at radius 1 is 1.28 bits per heavy atom. The Morgan fingerprint density at radius 2 is 1.94 bits per heavy atom. The van der Waals surface area contributed by atoms with Gasteiger partial charge in [-0.25, -0.2) is 0 Å². The SMILES string of the molecule is CC(C)OCC(O)COc1nc(C(C)(C)C)no1. The van der Waals surface area contributed by atoms with E-state index in [1.54, 1.807) is 0 Å². The summed E-state index contributed by atoms with van der Waals surface area (Å²) in [5.41, 5.74) is -0.190. The van der Waals surface area contributed by atoms with E-state index < -0.39 is 6.10 Å². The number of hydrogen-bond donors (Lipinski definition) is 1. The van der Waals surface area contributed by atoms with Gasteiger partial charge in [-0.15, -0.1) is 0 Å². The third-order valence-corrected chi connectivity index (χ3v) is 2.10. The minimum atomic E-state index is -0.711. The summed E-state index contributed by atoms with van der Waals surface area (Å²) in [6.45, 7) is 10.0. The number of nitrogens with zero attached hydrogens (tertiary/aromatic N) is 2. The maximum absolute atomic E-state index is 9.59. The number of aliphatic hydroxyl groups is 1. The van der Waals surface area contributed by atoms with Crippen LogP contribution in [0.3, 0.4) is 0 Å². The van der Waals surface area contributed by atoms with E-state index in [0.717, 1.165) is 0 Å². The highest BCUT2D eigenvalue weighted by molar-refractivity contribution is 5.01. The summed E-state index contributed by atoms with van der Waals surface area (Å²) in [6.07, 6.45) is -0.559. The zero-order valence-electron chi connectivity index (χ0n) is 11.6. The highest BCUT2D eigenvalue weighted by atomic mass is 16.6. The highest BCUT2D eigenvalue weighted by Crippen LogP contribution is 2.20. The fourth-order valence-corrected chi connectivity index (χ4v) is 1.09. The second kappa shape index (κ2) is 6.15. The molecule has 0 spiro atoms. The van der Waals surface area contributed by atoms with Gasteiger partial charge in [0.25, 0.3) is 0 Å². The molecule has 104 valence electrons. The largest absolute Gasteiger partial charge is 0.446 e. The summed E-state index contributed by atoms with van der Waals surface area (Å²) < 4.78 is 15.4. The Balaban J connectivity index is 2.37. The molecule has 18 heavy (non-hydrogen) atoms. The molecule has 0 amide bonds. The van der Waals surface area contributed by atoms with Crippen LogP contribution in [0.1, 0.15) is 40.4 Å². The van der Waals surface area contributed by atoms with Crippen molar-refractivity contribution >= 4 is 0 Å². The Labute approximate surface area is 107 Å². The first-order chi connectivity index (χ1) is 8.29. The number of rotatable bonds is 6. The van der Waals surface area contributed by atoms with Gasteiger partial charge in [0, 0.05) is 5.41 Å². The van der Waals surface area contributed by atoms with Gasteiger partial charge in [0.2, 0.25) is 0 Å². The first kappa shape index (κ1) is 14.9. The lowest BCUT2D eigenvalue weighted by Gasteiger charge is -2.12. The zero-order valence-corrected chi connectivity index (χ0v) is 11.6. The Morgan fingerprint density at radius 3 is 2.44 bits per heavy atom. The summed E-state index contributed by atoms with van der Waals surface area (Å²) in [7, 11) is 0. The van der Waals surface area contributed by atoms with Crippen LogP contribution in [-0.2, 0) is 10.2 Å². The van der Waals surface area contributed by atoms with Crippen molar-refractivity contribution in [1.29, 1.82) is 0 Å². The zero-order chi connectivity index (χ0) is 13.8. The summed E-state index contributed by atoms with van der Waals surface area (Å²) in [6, 6.07) is 0. The summed E-state index contributed by atoms with van der Waals surface area (Å²) in [5.74, 6) is 0.574. The van der Waals surface area contributed by atoms with Crippen molar-refractivity contribution < 1.29 is 19.1 Å².